The number of imidazole rings is 1. The van der Waals surface area contributed by atoms with Crippen LogP contribution in [0.15, 0.2) is 55.1 Å². The maximum atomic E-state index is 12.1. The second-order valence-corrected chi connectivity index (χ2v) is 6.76. The number of hydrogen-bond acceptors (Lipinski definition) is 5. The predicted octanol–water partition coefficient (Wildman–Crippen LogP) is 4.44. The molecule has 0 fully saturated rings. The van der Waals surface area contributed by atoms with Crippen LogP contribution in [0.25, 0.3) is 5.69 Å². The highest BCUT2D eigenvalue weighted by Gasteiger charge is 2.30. The summed E-state index contributed by atoms with van der Waals surface area (Å²) < 4.78 is 7.92. The number of aromatic nitrogens is 2. The monoisotopic (exact) mass is 377 g/mol. The van der Waals surface area contributed by atoms with Crippen LogP contribution in [0.5, 0.6) is 5.75 Å². The molecule has 1 aromatic heterocycles. The third kappa shape index (κ3) is 3.15. The number of ether oxygens (including phenoxy) is 1. The number of benzene rings is 2. The molecule has 1 aliphatic rings. The van der Waals surface area contributed by atoms with Crippen LogP contribution in [-0.2, 0) is 6.42 Å². The number of carbonyl (C=O) groups is 1. The van der Waals surface area contributed by atoms with E-state index in [1.54, 1.807) is 18.6 Å². The Hall–Kier alpha value is -3.48. The van der Waals surface area contributed by atoms with Gasteiger partial charge in [-0.05, 0) is 38.0 Å². The van der Waals surface area contributed by atoms with Gasteiger partial charge in [0.2, 0.25) is 0 Å². The van der Waals surface area contributed by atoms with Crippen LogP contribution >= 0.6 is 0 Å². The molecule has 0 spiro atoms. The van der Waals surface area contributed by atoms with Crippen LogP contribution in [0.4, 0.5) is 5.69 Å². The Morgan fingerprint density at radius 3 is 2.79 bits per heavy atom. The molecule has 28 heavy (non-hydrogen) atoms. The molecule has 7 heteroatoms. The second kappa shape index (κ2) is 7.26. The summed E-state index contributed by atoms with van der Waals surface area (Å²) >= 11 is 0. The van der Waals surface area contributed by atoms with Crippen molar-refractivity contribution in [1.82, 2.24) is 9.55 Å². The number of fused-ring (bicyclic) bond motifs is 1. The molecule has 0 aliphatic heterocycles. The highest BCUT2D eigenvalue weighted by atomic mass is 16.6. The SMILES string of the molecule is C[C@H](Oc1ccc2c(c1[N+](=O)[O-])CCCC2=O)c1ccccc1-n1ccnc1. The lowest BCUT2D eigenvalue weighted by Gasteiger charge is -2.21. The molecule has 0 unspecified atom stereocenters. The zero-order chi connectivity index (χ0) is 19.7. The summed E-state index contributed by atoms with van der Waals surface area (Å²) in [5, 5.41) is 11.8. The quantitative estimate of drug-likeness (QED) is 0.484. The molecule has 1 heterocycles. The van der Waals surface area contributed by atoms with E-state index in [-0.39, 0.29) is 17.2 Å². The first-order chi connectivity index (χ1) is 13.6. The lowest BCUT2D eigenvalue weighted by molar-refractivity contribution is -0.386. The van der Waals surface area contributed by atoms with Gasteiger partial charge in [0.25, 0.3) is 0 Å². The molecule has 0 amide bonds. The number of nitrogens with zero attached hydrogens (tertiary/aromatic N) is 3. The summed E-state index contributed by atoms with van der Waals surface area (Å²) in [5.74, 6) is 0.140. The molecule has 0 radical (unpaired) electrons. The molecular formula is C21H19N3O4. The molecular weight excluding hydrogens is 358 g/mol. The van der Waals surface area contributed by atoms with Gasteiger partial charge in [0.15, 0.2) is 11.5 Å². The van der Waals surface area contributed by atoms with E-state index in [1.165, 1.54) is 6.07 Å². The zero-order valence-corrected chi connectivity index (χ0v) is 15.4. The van der Waals surface area contributed by atoms with E-state index in [2.05, 4.69) is 4.98 Å². The molecule has 7 nitrogen and oxygen atoms in total. The van der Waals surface area contributed by atoms with Crippen molar-refractivity contribution in [3.63, 3.8) is 0 Å². The highest BCUT2D eigenvalue weighted by Crippen LogP contribution is 2.39. The Balaban J connectivity index is 1.73. The molecule has 2 aromatic carbocycles. The number of nitro groups is 1. The largest absolute Gasteiger partial charge is 0.479 e. The number of ketones is 1. The first-order valence-corrected chi connectivity index (χ1v) is 9.13. The lowest BCUT2D eigenvalue weighted by atomic mass is 9.89. The van der Waals surface area contributed by atoms with Crippen molar-refractivity contribution in [3.05, 3.63) is 81.9 Å². The van der Waals surface area contributed by atoms with Crippen LogP contribution in [-0.4, -0.2) is 20.3 Å². The van der Waals surface area contributed by atoms with Gasteiger partial charge < -0.3 is 9.30 Å². The van der Waals surface area contributed by atoms with E-state index in [1.807, 2.05) is 42.0 Å². The average molecular weight is 377 g/mol. The molecule has 3 aromatic rings. The summed E-state index contributed by atoms with van der Waals surface area (Å²) in [4.78, 5) is 27.5. The lowest BCUT2D eigenvalue weighted by Crippen LogP contribution is -2.15. The number of Topliss-reactive ketones (excluding diaryl/α,β-unsaturated/α-hetero) is 1. The van der Waals surface area contributed by atoms with Crippen LogP contribution in [0.2, 0.25) is 0 Å². The predicted molar refractivity (Wildman–Crippen MR) is 103 cm³/mol. The molecule has 142 valence electrons. The first kappa shape index (κ1) is 17.9. The van der Waals surface area contributed by atoms with Gasteiger partial charge in [-0.25, -0.2) is 4.98 Å². The van der Waals surface area contributed by atoms with Crippen molar-refractivity contribution < 1.29 is 14.5 Å². The highest BCUT2D eigenvalue weighted by molar-refractivity contribution is 5.99. The summed E-state index contributed by atoms with van der Waals surface area (Å²) in [6.45, 7) is 1.85. The molecule has 0 bridgehead atoms. The Morgan fingerprint density at radius 1 is 1.21 bits per heavy atom. The second-order valence-electron chi connectivity index (χ2n) is 6.76. The van der Waals surface area contributed by atoms with Gasteiger partial charge in [0, 0.05) is 35.5 Å². The van der Waals surface area contributed by atoms with E-state index in [0.29, 0.717) is 30.4 Å². The standard InChI is InChI=1S/C21H19N3O4/c1-14(15-5-2-3-7-18(15)23-12-11-22-13-23)28-20-10-9-16-17(21(20)24(26)27)6-4-8-19(16)25/h2-3,5,7,9-14H,4,6,8H2,1H3/t14-/m0/s1. The molecule has 0 N–H and O–H groups in total. The smallest absolute Gasteiger partial charge is 0.314 e. The van der Waals surface area contributed by atoms with Crippen molar-refractivity contribution >= 4 is 11.5 Å². The normalized spacial score (nSPS) is 14.4. The fourth-order valence-corrected chi connectivity index (χ4v) is 3.71. The first-order valence-electron chi connectivity index (χ1n) is 9.13. The fraction of sp³-hybridized carbons (Fsp3) is 0.238. The molecule has 4 rings (SSSR count). The van der Waals surface area contributed by atoms with Crippen molar-refractivity contribution in [1.29, 1.82) is 0 Å². The zero-order valence-electron chi connectivity index (χ0n) is 15.4. The van der Waals surface area contributed by atoms with Gasteiger partial charge in [0.1, 0.15) is 6.10 Å². The van der Waals surface area contributed by atoms with Crippen LogP contribution in [0.1, 0.15) is 47.4 Å². The molecule has 0 saturated carbocycles. The summed E-state index contributed by atoms with van der Waals surface area (Å²) in [6, 6.07) is 10.9. The summed E-state index contributed by atoms with van der Waals surface area (Å²) in [5.41, 5.74) is 2.59. The minimum absolute atomic E-state index is 0.0469. The van der Waals surface area contributed by atoms with Gasteiger partial charge in [0.05, 0.1) is 16.9 Å². The maximum Gasteiger partial charge on any atom is 0.314 e. The molecule has 1 aliphatic carbocycles. The van der Waals surface area contributed by atoms with E-state index in [4.69, 9.17) is 4.74 Å². The maximum absolute atomic E-state index is 12.1. The minimum Gasteiger partial charge on any atom is -0.479 e. The third-order valence-electron chi connectivity index (χ3n) is 5.02. The van der Waals surface area contributed by atoms with Crippen molar-refractivity contribution in [2.24, 2.45) is 0 Å². The Bertz CT molecular complexity index is 1040. The topological polar surface area (TPSA) is 87.3 Å². The summed E-state index contributed by atoms with van der Waals surface area (Å²) in [7, 11) is 0. The van der Waals surface area contributed by atoms with Crippen LogP contribution in [0.3, 0.4) is 0 Å². The fourth-order valence-electron chi connectivity index (χ4n) is 3.71. The number of hydrogen-bond donors (Lipinski definition) is 0. The Labute approximate surface area is 161 Å². The van der Waals surface area contributed by atoms with Gasteiger partial charge in [-0.2, -0.15) is 0 Å². The Kier molecular flexibility index (Phi) is 4.65. The number of carbonyl (C=O) groups excluding carboxylic acids is 1. The third-order valence-corrected chi connectivity index (χ3v) is 5.02. The van der Waals surface area contributed by atoms with Gasteiger partial charge in [-0.3, -0.25) is 14.9 Å². The van der Waals surface area contributed by atoms with Crippen molar-refractivity contribution in [2.45, 2.75) is 32.3 Å². The minimum atomic E-state index is -0.443. The van der Waals surface area contributed by atoms with Gasteiger partial charge in [-0.1, -0.05) is 18.2 Å². The molecule has 1 atom stereocenters. The number of rotatable bonds is 5. The summed E-state index contributed by atoms with van der Waals surface area (Å²) in [6.07, 6.45) is 6.34. The molecule has 0 saturated heterocycles. The van der Waals surface area contributed by atoms with Crippen LogP contribution in [0, 0.1) is 10.1 Å². The van der Waals surface area contributed by atoms with E-state index >= 15 is 0 Å². The van der Waals surface area contributed by atoms with Crippen molar-refractivity contribution in [2.75, 3.05) is 0 Å². The van der Waals surface area contributed by atoms with Gasteiger partial charge >= 0.3 is 5.69 Å². The van der Waals surface area contributed by atoms with Crippen molar-refractivity contribution in [3.8, 4) is 11.4 Å². The number of para-hydroxylation sites is 1. The van der Waals surface area contributed by atoms with Crippen LogP contribution < -0.4 is 4.74 Å². The Morgan fingerprint density at radius 2 is 2.04 bits per heavy atom. The van der Waals surface area contributed by atoms with E-state index in [0.717, 1.165) is 11.3 Å². The van der Waals surface area contributed by atoms with E-state index in [9.17, 15) is 14.9 Å². The van der Waals surface area contributed by atoms with Gasteiger partial charge in [-0.15, -0.1) is 0 Å². The van der Waals surface area contributed by atoms with E-state index < -0.39 is 11.0 Å². The average Bonchev–Trinajstić information content (AvgIpc) is 3.22. The number of nitro benzene ring substituents is 1.